The van der Waals surface area contributed by atoms with E-state index >= 15 is 0 Å². The number of carboxylic acids is 1. The molecule has 74 valence electrons. The number of rotatable bonds is 2. The highest BCUT2D eigenvalue weighted by atomic mass is 32.1. The molecule has 0 unspecified atom stereocenters. The molecule has 1 aromatic rings. The molecule has 1 aliphatic rings. The van der Waals surface area contributed by atoms with Gasteiger partial charge in [-0.1, -0.05) is 0 Å². The van der Waals surface area contributed by atoms with Crippen molar-refractivity contribution in [2.24, 2.45) is 5.29 Å². The lowest BCUT2D eigenvalue weighted by Gasteiger charge is -2.18. The van der Waals surface area contributed by atoms with Crippen LogP contribution in [0.2, 0.25) is 0 Å². The number of aromatic carboxylic acids is 1. The van der Waals surface area contributed by atoms with Crippen LogP contribution in [-0.4, -0.2) is 27.6 Å². The van der Waals surface area contributed by atoms with Gasteiger partial charge >= 0.3 is 5.97 Å². The maximum absolute atomic E-state index is 10.6. The molecular weight excluding hydrogens is 206 g/mol. The summed E-state index contributed by atoms with van der Waals surface area (Å²) < 4.78 is 0. The van der Waals surface area contributed by atoms with Gasteiger partial charge in [-0.15, -0.1) is 16.2 Å². The molecule has 0 fully saturated rings. The van der Waals surface area contributed by atoms with Crippen LogP contribution < -0.4 is 0 Å². The van der Waals surface area contributed by atoms with Crippen LogP contribution in [0.1, 0.15) is 20.4 Å². The largest absolute Gasteiger partial charge is 0.476 e. The molecule has 0 saturated carbocycles. The predicted molar refractivity (Wildman–Crippen MR) is 49.0 cm³/mol. The highest BCUT2D eigenvalue weighted by Gasteiger charge is 2.22. The Kier molecular flexibility index (Phi) is 2.16. The minimum Gasteiger partial charge on any atom is -0.476 e. The number of fused-ring (bicyclic) bond motifs is 1. The Morgan fingerprint density at radius 3 is 3.07 bits per heavy atom. The van der Waals surface area contributed by atoms with Crippen LogP contribution in [0.15, 0.2) is 5.29 Å². The number of aromatic nitrogens is 1. The van der Waals surface area contributed by atoms with E-state index in [-0.39, 0.29) is 5.01 Å². The van der Waals surface area contributed by atoms with E-state index in [4.69, 9.17) is 5.11 Å². The van der Waals surface area contributed by atoms with Gasteiger partial charge in [0.25, 0.3) is 0 Å². The van der Waals surface area contributed by atoms with Gasteiger partial charge in [-0.2, -0.15) is 0 Å². The maximum atomic E-state index is 10.6. The first-order valence-corrected chi connectivity index (χ1v) is 4.82. The number of thiazole rings is 1. The second-order valence-electron chi connectivity index (χ2n) is 2.91. The van der Waals surface area contributed by atoms with Crippen molar-refractivity contribution in [1.29, 1.82) is 0 Å². The van der Waals surface area contributed by atoms with Crippen molar-refractivity contribution >= 4 is 17.3 Å². The first kappa shape index (κ1) is 9.07. The van der Waals surface area contributed by atoms with E-state index in [0.717, 1.165) is 21.9 Å². The van der Waals surface area contributed by atoms with Crippen molar-refractivity contribution in [1.82, 2.24) is 9.99 Å². The molecular formula is C7H7N3O3S. The smallest absolute Gasteiger partial charge is 0.365 e. The lowest BCUT2D eigenvalue weighted by molar-refractivity contribution is 0.0696. The fourth-order valence-corrected chi connectivity index (χ4v) is 2.30. The first-order valence-electron chi connectivity index (χ1n) is 4.01. The summed E-state index contributed by atoms with van der Waals surface area (Å²) in [5.41, 5.74) is 0.785. The molecule has 0 atom stereocenters. The summed E-state index contributed by atoms with van der Waals surface area (Å²) in [7, 11) is 0. The SMILES string of the molecule is O=NN1CCc2nc(C(=O)O)sc2C1. The maximum Gasteiger partial charge on any atom is 0.365 e. The van der Waals surface area contributed by atoms with Crippen molar-refractivity contribution in [2.75, 3.05) is 6.54 Å². The van der Waals surface area contributed by atoms with Gasteiger partial charge < -0.3 is 5.11 Å². The summed E-state index contributed by atoms with van der Waals surface area (Å²) >= 11 is 1.11. The third-order valence-corrected chi connectivity index (χ3v) is 3.08. The van der Waals surface area contributed by atoms with Gasteiger partial charge in [0.05, 0.1) is 17.5 Å². The van der Waals surface area contributed by atoms with Crippen LogP contribution in [0.3, 0.4) is 0 Å². The molecule has 6 nitrogen and oxygen atoms in total. The zero-order chi connectivity index (χ0) is 10.1. The van der Waals surface area contributed by atoms with Crippen LogP contribution in [0.4, 0.5) is 0 Å². The zero-order valence-corrected chi connectivity index (χ0v) is 7.95. The van der Waals surface area contributed by atoms with Crippen molar-refractivity contribution in [3.05, 3.63) is 20.5 Å². The second kappa shape index (κ2) is 3.33. The Balaban J connectivity index is 2.29. The molecule has 0 aliphatic carbocycles. The van der Waals surface area contributed by atoms with Gasteiger partial charge in [0.2, 0.25) is 5.01 Å². The second-order valence-corrected chi connectivity index (χ2v) is 4.00. The van der Waals surface area contributed by atoms with E-state index in [2.05, 4.69) is 10.3 Å². The Bertz CT molecular complexity index is 390. The van der Waals surface area contributed by atoms with Crippen molar-refractivity contribution in [2.45, 2.75) is 13.0 Å². The van der Waals surface area contributed by atoms with E-state index in [0.29, 0.717) is 19.5 Å². The van der Waals surface area contributed by atoms with Gasteiger partial charge in [-0.25, -0.2) is 9.78 Å². The number of hydrogen-bond donors (Lipinski definition) is 1. The third kappa shape index (κ3) is 1.46. The number of carboxylic acid groups (broad SMARTS) is 1. The molecule has 14 heavy (non-hydrogen) atoms. The van der Waals surface area contributed by atoms with E-state index in [1.54, 1.807) is 0 Å². The van der Waals surface area contributed by atoms with Crippen LogP contribution >= 0.6 is 11.3 Å². The van der Waals surface area contributed by atoms with Crippen LogP contribution in [-0.2, 0) is 13.0 Å². The van der Waals surface area contributed by atoms with Gasteiger partial charge in [0.1, 0.15) is 0 Å². The van der Waals surface area contributed by atoms with Crippen molar-refractivity contribution in [3.63, 3.8) is 0 Å². The summed E-state index contributed by atoms with van der Waals surface area (Å²) in [4.78, 5) is 25.7. The molecule has 1 aromatic heterocycles. The third-order valence-electron chi connectivity index (χ3n) is 2.01. The Labute approximate surface area is 83.1 Å². The van der Waals surface area contributed by atoms with Gasteiger partial charge in [-0.3, -0.25) is 5.01 Å². The Morgan fingerprint density at radius 2 is 2.43 bits per heavy atom. The molecule has 0 radical (unpaired) electrons. The summed E-state index contributed by atoms with van der Waals surface area (Å²) in [5.74, 6) is -1.02. The normalized spacial score (nSPS) is 15.0. The molecule has 0 amide bonds. The zero-order valence-electron chi connectivity index (χ0n) is 7.13. The predicted octanol–water partition coefficient (Wildman–Crippen LogP) is 0.881. The van der Waals surface area contributed by atoms with Crippen LogP contribution in [0.25, 0.3) is 0 Å². The highest BCUT2D eigenvalue weighted by Crippen LogP contribution is 2.25. The average molecular weight is 213 g/mol. The van der Waals surface area contributed by atoms with Crippen LogP contribution in [0.5, 0.6) is 0 Å². The van der Waals surface area contributed by atoms with Gasteiger partial charge in [0.15, 0.2) is 0 Å². The lowest BCUT2D eigenvalue weighted by atomic mass is 10.2. The van der Waals surface area contributed by atoms with E-state index in [1.165, 1.54) is 5.01 Å². The first-order chi connectivity index (χ1) is 6.70. The molecule has 0 bridgehead atoms. The minimum absolute atomic E-state index is 0.0859. The molecule has 2 rings (SSSR count). The summed E-state index contributed by atoms with van der Waals surface area (Å²) in [5, 5.41) is 13.0. The van der Waals surface area contributed by atoms with Crippen LogP contribution in [0, 0.1) is 4.91 Å². The molecule has 2 heterocycles. The number of nitroso groups, excluding NO2 is 1. The number of hydrogen-bond acceptors (Lipinski definition) is 5. The summed E-state index contributed by atoms with van der Waals surface area (Å²) in [6.07, 6.45) is 0.588. The minimum atomic E-state index is -1.02. The van der Waals surface area contributed by atoms with Crippen molar-refractivity contribution < 1.29 is 9.90 Å². The fraction of sp³-hybridized carbons (Fsp3) is 0.429. The lowest BCUT2D eigenvalue weighted by Crippen LogP contribution is -2.24. The van der Waals surface area contributed by atoms with Crippen molar-refractivity contribution in [3.8, 4) is 0 Å². The highest BCUT2D eigenvalue weighted by molar-refractivity contribution is 7.13. The number of nitrogens with zero attached hydrogens (tertiary/aromatic N) is 3. The molecule has 1 N–H and O–H groups in total. The Hall–Kier alpha value is -1.50. The molecule has 1 aliphatic heterocycles. The molecule has 0 saturated heterocycles. The van der Waals surface area contributed by atoms with E-state index < -0.39 is 5.97 Å². The molecule has 0 spiro atoms. The van der Waals surface area contributed by atoms with Gasteiger partial charge in [-0.05, 0) is 0 Å². The number of carbonyl (C=O) groups is 1. The van der Waals surface area contributed by atoms with E-state index in [9.17, 15) is 9.70 Å². The van der Waals surface area contributed by atoms with E-state index in [1.807, 2.05) is 0 Å². The average Bonchev–Trinajstić information content (AvgIpc) is 2.59. The summed E-state index contributed by atoms with van der Waals surface area (Å²) in [6, 6.07) is 0. The molecule has 0 aromatic carbocycles. The fourth-order valence-electron chi connectivity index (χ4n) is 1.34. The summed E-state index contributed by atoms with van der Waals surface area (Å²) in [6.45, 7) is 0.892. The topological polar surface area (TPSA) is 82.9 Å². The quantitative estimate of drug-likeness (QED) is 0.737. The van der Waals surface area contributed by atoms with Gasteiger partial charge in [0, 0.05) is 17.8 Å². The molecule has 7 heteroatoms. The standard InChI is InChI=1S/C7H7N3O3S/c11-7(12)6-8-4-1-2-10(9-13)3-5(4)14-6/h1-3H2,(H,11,12). The monoisotopic (exact) mass is 213 g/mol. The Morgan fingerprint density at radius 1 is 1.64 bits per heavy atom.